The lowest BCUT2D eigenvalue weighted by atomic mass is 10.1. The van der Waals surface area contributed by atoms with Crippen molar-refractivity contribution in [3.8, 4) is 17.0 Å². The number of nitrogens with one attached hydrogen (secondary N) is 1. The second kappa shape index (κ2) is 7.17. The Bertz CT molecular complexity index is 607. The second-order valence-electron chi connectivity index (χ2n) is 6.27. The first kappa shape index (κ1) is 16.9. The van der Waals surface area contributed by atoms with Crippen molar-refractivity contribution in [3.05, 3.63) is 29.1 Å². The molecule has 1 heterocycles. The van der Waals surface area contributed by atoms with Gasteiger partial charge in [0, 0.05) is 17.6 Å². The lowest BCUT2D eigenvalue weighted by Crippen LogP contribution is -2.42. The van der Waals surface area contributed by atoms with Crippen molar-refractivity contribution in [2.45, 2.75) is 39.3 Å². The predicted molar refractivity (Wildman–Crippen MR) is 89.3 cm³/mol. The molecule has 6 heteroatoms. The van der Waals surface area contributed by atoms with Gasteiger partial charge in [0.25, 0.3) is 0 Å². The molecule has 2 rings (SSSR count). The fourth-order valence-corrected chi connectivity index (χ4v) is 2.42. The molecule has 120 valence electrons. The minimum absolute atomic E-state index is 0.0255. The average molecular weight is 321 g/mol. The zero-order chi connectivity index (χ0) is 16.2. The van der Waals surface area contributed by atoms with E-state index in [1.54, 1.807) is 0 Å². The molecule has 1 aromatic carbocycles. The van der Waals surface area contributed by atoms with Crippen LogP contribution in [0.25, 0.3) is 11.3 Å². The van der Waals surface area contributed by atoms with Crippen LogP contribution >= 0.6 is 11.5 Å². The minimum Gasteiger partial charge on any atom is -0.490 e. The van der Waals surface area contributed by atoms with Crippen molar-refractivity contribution in [1.82, 2.24) is 14.9 Å². The molecule has 1 unspecified atom stereocenters. The van der Waals surface area contributed by atoms with Crippen molar-refractivity contribution >= 4 is 11.5 Å². The molecule has 0 spiro atoms. The molecule has 5 nitrogen and oxygen atoms in total. The molecule has 0 aliphatic carbocycles. The van der Waals surface area contributed by atoms with Gasteiger partial charge in [0.1, 0.15) is 24.2 Å². The zero-order valence-corrected chi connectivity index (χ0v) is 14.3. The van der Waals surface area contributed by atoms with Crippen molar-refractivity contribution in [2.75, 3.05) is 13.2 Å². The van der Waals surface area contributed by atoms with Gasteiger partial charge in [-0.05, 0) is 51.4 Å². The van der Waals surface area contributed by atoms with Gasteiger partial charge in [-0.15, -0.1) is 5.10 Å². The molecule has 0 saturated heterocycles. The minimum atomic E-state index is -0.568. The third kappa shape index (κ3) is 4.76. The number of hydrogen-bond donors (Lipinski definition) is 2. The van der Waals surface area contributed by atoms with E-state index in [4.69, 9.17) is 4.74 Å². The molecule has 0 fully saturated rings. The van der Waals surface area contributed by atoms with E-state index in [0.29, 0.717) is 12.3 Å². The number of ether oxygens (including phenoxy) is 1. The van der Waals surface area contributed by atoms with E-state index in [-0.39, 0.29) is 12.1 Å². The third-order valence-corrected chi connectivity index (χ3v) is 3.72. The van der Waals surface area contributed by atoms with Crippen LogP contribution in [0.4, 0.5) is 0 Å². The Morgan fingerprint density at radius 2 is 2.05 bits per heavy atom. The summed E-state index contributed by atoms with van der Waals surface area (Å²) < 4.78 is 9.76. The van der Waals surface area contributed by atoms with Crippen molar-refractivity contribution < 1.29 is 9.84 Å². The van der Waals surface area contributed by atoms with Crippen molar-refractivity contribution in [1.29, 1.82) is 0 Å². The summed E-state index contributed by atoms with van der Waals surface area (Å²) in [6.07, 6.45) is -0.568. The fourth-order valence-electron chi connectivity index (χ4n) is 1.94. The summed E-state index contributed by atoms with van der Waals surface area (Å²) in [4.78, 5) is 1.05. The van der Waals surface area contributed by atoms with Crippen LogP contribution < -0.4 is 10.1 Å². The van der Waals surface area contributed by atoms with Crippen LogP contribution in [0.5, 0.6) is 5.75 Å². The maximum atomic E-state index is 10.0. The molecule has 0 aliphatic rings. The number of β-amino-alcohol motifs (C(OH)–C–C–N with tert-alkyl or cyclic N) is 1. The molecule has 1 aromatic heterocycles. The number of rotatable bonds is 6. The highest BCUT2D eigenvalue weighted by Gasteiger charge is 2.15. The Labute approximate surface area is 135 Å². The molecule has 2 N–H and O–H groups in total. The van der Waals surface area contributed by atoms with Gasteiger partial charge in [0.2, 0.25) is 0 Å². The first-order valence-electron chi connectivity index (χ1n) is 7.31. The number of benzene rings is 1. The smallest absolute Gasteiger partial charge is 0.128 e. The van der Waals surface area contributed by atoms with E-state index < -0.39 is 6.10 Å². The number of aliphatic hydroxyl groups is 1. The standard InChI is InChI=1S/C16H23N3O2S/c1-11-15(18-19-22-11)13-7-5-6-8-14(13)21-10-12(20)9-17-16(2,3)4/h5-8,12,17,20H,9-10H2,1-4H3. The summed E-state index contributed by atoms with van der Waals surface area (Å²) in [5, 5.41) is 17.5. The van der Waals surface area contributed by atoms with Crippen LogP contribution in [0, 0.1) is 6.92 Å². The van der Waals surface area contributed by atoms with Crippen LogP contribution in [0.15, 0.2) is 24.3 Å². The molecule has 22 heavy (non-hydrogen) atoms. The second-order valence-corrected chi connectivity index (χ2v) is 7.23. The summed E-state index contributed by atoms with van der Waals surface area (Å²) in [5.41, 5.74) is 1.72. The highest BCUT2D eigenvalue weighted by Crippen LogP contribution is 2.31. The Kier molecular flexibility index (Phi) is 5.50. The number of aromatic nitrogens is 2. The highest BCUT2D eigenvalue weighted by molar-refractivity contribution is 7.05. The third-order valence-electron chi connectivity index (χ3n) is 3.09. The van der Waals surface area contributed by atoms with Crippen molar-refractivity contribution in [2.24, 2.45) is 0 Å². The summed E-state index contributed by atoms with van der Waals surface area (Å²) >= 11 is 1.37. The van der Waals surface area contributed by atoms with Crippen molar-refractivity contribution in [3.63, 3.8) is 0 Å². The van der Waals surface area contributed by atoms with Gasteiger partial charge in [-0.25, -0.2) is 0 Å². The molecular weight excluding hydrogens is 298 g/mol. The number of aliphatic hydroxyl groups excluding tert-OH is 1. The Morgan fingerprint density at radius 3 is 2.68 bits per heavy atom. The van der Waals surface area contributed by atoms with Gasteiger partial charge in [-0.2, -0.15) is 0 Å². The summed E-state index contributed by atoms with van der Waals surface area (Å²) in [6, 6.07) is 7.70. The number of hydrogen-bond acceptors (Lipinski definition) is 6. The van der Waals surface area contributed by atoms with Gasteiger partial charge in [0.05, 0.1) is 4.88 Å². The summed E-state index contributed by atoms with van der Waals surface area (Å²) in [5.74, 6) is 0.716. The molecule has 0 radical (unpaired) electrons. The molecule has 0 bridgehead atoms. The van der Waals surface area contributed by atoms with Crippen LogP contribution in [0.3, 0.4) is 0 Å². The first-order chi connectivity index (χ1) is 10.4. The molecule has 0 aliphatic heterocycles. The number of para-hydroxylation sites is 1. The van der Waals surface area contributed by atoms with E-state index in [2.05, 4.69) is 35.7 Å². The Hall–Kier alpha value is -1.50. The monoisotopic (exact) mass is 321 g/mol. The van der Waals surface area contributed by atoms with Crippen LogP contribution in [-0.2, 0) is 0 Å². The van der Waals surface area contributed by atoms with Crippen LogP contribution in [0.1, 0.15) is 25.6 Å². The Morgan fingerprint density at radius 1 is 1.32 bits per heavy atom. The zero-order valence-electron chi connectivity index (χ0n) is 13.5. The maximum absolute atomic E-state index is 10.0. The van der Waals surface area contributed by atoms with E-state index in [1.165, 1.54) is 11.5 Å². The number of nitrogens with zero attached hydrogens (tertiary/aromatic N) is 2. The quantitative estimate of drug-likeness (QED) is 0.856. The van der Waals surface area contributed by atoms with Gasteiger partial charge >= 0.3 is 0 Å². The lowest BCUT2D eigenvalue weighted by molar-refractivity contribution is 0.100. The first-order valence-corrected chi connectivity index (χ1v) is 8.08. The van der Waals surface area contributed by atoms with E-state index in [9.17, 15) is 5.11 Å². The largest absolute Gasteiger partial charge is 0.490 e. The van der Waals surface area contributed by atoms with E-state index >= 15 is 0 Å². The van der Waals surface area contributed by atoms with E-state index in [1.807, 2.05) is 31.2 Å². The van der Waals surface area contributed by atoms with Gasteiger partial charge in [0.15, 0.2) is 0 Å². The highest BCUT2D eigenvalue weighted by atomic mass is 32.1. The average Bonchev–Trinajstić information content (AvgIpc) is 2.88. The topological polar surface area (TPSA) is 67.3 Å². The SMILES string of the molecule is Cc1snnc1-c1ccccc1OCC(O)CNC(C)(C)C. The van der Waals surface area contributed by atoms with Crippen LogP contribution in [-0.4, -0.2) is 39.5 Å². The van der Waals surface area contributed by atoms with E-state index in [0.717, 1.165) is 16.1 Å². The normalized spacial score (nSPS) is 13.1. The molecule has 2 aromatic rings. The molecule has 1 atom stereocenters. The summed E-state index contributed by atoms with van der Waals surface area (Å²) in [6.45, 7) is 8.90. The number of aryl methyl sites for hydroxylation is 1. The summed E-state index contributed by atoms with van der Waals surface area (Å²) in [7, 11) is 0. The van der Waals surface area contributed by atoms with Gasteiger partial charge < -0.3 is 15.2 Å². The maximum Gasteiger partial charge on any atom is 0.128 e. The fraction of sp³-hybridized carbons (Fsp3) is 0.500. The molecular formula is C16H23N3O2S. The van der Waals surface area contributed by atoms with Gasteiger partial charge in [-0.1, -0.05) is 16.6 Å². The van der Waals surface area contributed by atoms with Crippen LogP contribution in [0.2, 0.25) is 0 Å². The lowest BCUT2D eigenvalue weighted by Gasteiger charge is -2.23. The van der Waals surface area contributed by atoms with Gasteiger partial charge in [-0.3, -0.25) is 0 Å². The molecule has 0 saturated carbocycles. The predicted octanol–water partition coefficient (Wildman–Crippen LogP) is 2.64. The Balaban J connectivity index is 2.01. The molecule has 0 amide bonds.